The molecule has 0 spiro atoms. The summed E-state index contributed by atoms with van der Waals surface area (Å²) in [6.07, 6.45) is 1.66. The van der Waals surface area contributed by atoms with E-state index in [4.69, 9.17) is 0 Å². The Morgan fingerprint density at radius 3 is 2.53 bits per heavy atom. The zero-order valence-corrected chi connectivity index (χ0v) is 13.8. The third kappa shape index (κ3) is 6.53. The maximum atomic E-state index is 13.6. The summed E-state index contributed by atoms with van der Waals surface area (Å²) in [6, 6.07) is 4.85. The minimum atomic E-state index is -0.485. The van der Waals surface area contributed by atoms with Gasteiger partial charge in [-0.3, -0.25) is 0 Å². The van der Waals surface area contributed by atoms with Crippen molar-refractivity contribution in [2.75, 3.05) is 0 Å². The van der Waals surface area contributed by atoms with Crippen molar-refractivity contribution in [3.63, 3.8) is 0 Å². The molecule has 0 aliphatic rings. The smallest absolute Gasteiger partial charge is 0.126 e. The first-order valence-electron chi connectivity index (χ1n) is 6.79. The van der Waals surface area contributed by atoms with E-state index in [0.29, 0.717) is 24.3 Å². The SMILES string of the molecule is CC(CC(O)Cc1cc(Br)ccc1F)CC(C)(C)C. The highest BCUT2D eigenvalue weighted by molar-refractivity contribution is 9.10. The molecule has 0 aliphatic carbocycles. The van der Waals surface area contributed by atoms with Crippen molar-refractivity contribution < 1.29 is 9.50 Å². The van der Waals surface area contributed by atoms with Gasteiger partial charge in [-0.2, -0.15) is 0 Å². The highest BCUT2D eigenvalue weighted by atomic mass is 79.9. The maximum absolute atomic E-state index is 13.6. The zero-order valence-electron chi connectivity index (χ0n) is 12.2. The molecule has 19 heavy (non-hydrogen) atoms. The van der Waals surface area contributed by atoms with Gasteiger partial charge in [-0.1, -0.05) is 43.6 Å². The highest BCUT2D eigenvalue weighted by Gasteiger charge is 2.19. The lowest BCUT2D eigenvalue weighted by Crippen LogP contribution is -2.19. The van der Waals surface area contributed by atoms with Crippen molar-refractivity contribution in [2.24, 2.45) is 11.3 Å². The van der Waals surface area contributed by atoms with E-state index in [0.717, 1.165) is 10.9 Å². The van der Waals surface area contributed by atoms with Crippen LogP contribution in [0.15, 0.2) is 22.7 Å². The number of rotatable bonds is 5. The van der Waals surface area contributed by atoms with Gasteiger partial charge in [0.05, 0.1) is 6.10 Å². The Kier molecular flexibility index (Phi) is 6.00. The number of aliphatic hydroxyl groups excluding tert-OH is 1. The molecule has 0 aromatic heterocycles. The molecule has 0 heterocycles. The first-order chi connectivity index (χ1) is 8.67. The van der Waals surface area contributed by atoms with E-state index in [1.165, 1.54) is 6.07 Å². The largest absolute Gasteiger partial charge is 0.393 e. The first kappa shape index (κ1) is 16.6. The van der Waals surface area contributed by atoms with Crippen LogP contribution in [0.5, 0.6) is 0 Å². The van der Waals surface area contributed by atoms with Crippen LogP contribution in [0.2, 0.25) is 0 Å². The zero-order chi connectivity index (χ0) is 14.6. The lowest BCUT2D eigenvalue weighted by molar-refractivity contribution is 0.132. The van der Waals surface area contributed by atoms with Crippen molar-refractivity contribution in [2.45, 2.75) is 53.1 Å². The molecule has 1 rings (SSSR count). The molecule has 0 saturated heterocycles. The molecule has 0 radical (unpaired) electrons. The Hall–Kier alpha value is -0.410. The van der Waals surface area contributed by atoms with E-state index in [1.54, 1.807) is 12.1 Å². The number of benzene rings is 1. The molecule has 0 saturated carbocycles. The second-order valence-electron chi connectivity index (χ2n) is 6.70. The van der Waals surface area contributed by atoms with Gasteiger partial charge in [-0.25, -0.2) is 4.39 Å². The third-order valence-electron chi connectivity index (χ3n) is 3.10. The molecule has 2 atom stereocenters. The third-order valence-corrected chi connectivity index (χ3v) is 3.59. The van der Waals surface area contributed by atoms with Gasteiger partial charge < -0.3 is 5.11 Å². The second kappa shape index (κ2) is 6.85. The summed E-state index contributed by atoms with van der Waals surface area (Å²) in [4.78, 5) is 0. The van der Waals surface area contributed by atoms with Crippen molar-refractivity contribution in [3.05, 3.63) is 34.1 Å². The van der Waals surface area contributed by atoms with Gasteiger partial charge in [0.15, 0.2) is 0 Å². The van der Waals surface area contributed by atoms with Gasteiger partial charge >= 0.3 is 0 Å². The van der Waals surface area contributed by atoms with E-state index in [1.807, 2.05) is 0 Å². The molecule has 2 unspecified atom stereocenters. The van der Waals surface area contributed by atoms with Crippen LogP contribution in [0.3, 0.4) is 0 Å². The molecule has 0 fully saturated rings. The van der Waals surface area contributed by atoms with Crippen molar-refractivity contribution in [3.8, 4) is 0 Å². The fourth-order valence-electron chi connectivity index (χ4n) is 2.63. The molecule has 0 amide bonds. The monoisotopic (exact) mass is 330 g/mol. The van der Waals surface area contributed by atoms with E-state index in [9.17, 15) is 9.50 Å². The molecule has 1 N–H and O–H groups in total. The van der Waals surface area contributed by atoms with Crippen LogP contribution in [0.4, 0.5) is 4.39 Å². The Morgan fingerprint density at radius 1 is 1.32 bits per heavy atom. The van der Waals surface area contributed by atoms with Crippen molar-refractivity contribution in [1.82, 2.24) is 0 Å². The molecule has 108 valence electrons. The van der Waals surface area contributed by atoms with E-state index >= 15 is 0 Å². The Morgan fingerprint density at radius 2 is 1.95 bits per heavy atom. The maximum Gasteiger partial charge on any atom is 0.126 e. The van der Waals surface area contributed by atoms with Gasteiger partial charge in [0.25, 0.3) is 0 Å². The lowest BCUT2D eigenvalue weighted by atomic mass is 9.82. The van der Waals surface area contributed by atoms with Crippen LogP contribution >= 0.6 is 15.9 Å². The summed E-state index contributed by atoms with van der Waals surface area (Å²) in [5, 5.41) is 10.1. The minimum Gasteiger partial charge on any atom is -0.393 e. The number of hydrogen-bond donors (Lipinski definition) is 1. The van der Waals surface area contributed by atoms with Crippen LogP contribution < -0.4 is 0 Å². The number of halogens is 2. The standard InChI is InChI=1S/C16H24BrFO/c1-11(10-16(2,3)4)7-14(19)9-12-8-13(17)5-6-15(12)18/h5-6,8,11,14,19H,7,9-10H2,1-4H3. The first-order valence-corrected chi connectivity index (χ1v) is 7.58. The van der Waals surface area contributed by atoms with Gasteiger partial charge in [0.2, 0.25) is 0 Å². The van der Waals surface area contributed by atoms with E-state index in [2.05, 4.69) is 43.6 Å². The Balaban J connectivity index is 2.55. The number of aliphatic hydroxyl groups is 1. The predicted molar refractivity (Wildman–Crippen MR) is 81.7 cm³/mol. The van der Waals surface area contributed by atoms with Gasteiger partial charge in [-0.15, -0.1) is 0 Å². The van der Waals surface area contributed by atoms with Crippen LogP contribution in [-0.4, -0.2) is 11.2 Å². The topological polar surface area (TPSA) is 20.2 Å². The van der Waals surface area contributed by atoms with Crippen molar-refractivity contribution >= 4 is 15.9 Å². The van der Waals surface area contributed by atoms with Crippen LogP contribution in [0.25, 0.3) is 0 Å². The van der Waals surface area contributed by atoms with Crippen molar-refractivity contribution in [1.29, 1.82) is 0 Å². The summed E-state index contributed by atoms with van der Waals surface area (Å²) >= 11 is 3.33. The molecule has 1 nitrogen and oxygen atoms in total. The molecule has 1 aromatic carbocycles. The molecule has 3 heteroatoms. The summed E-state index contributed by atoms with van der Waals surface area (Å²) in [6.45, 7) is 8.74. The summed E-state index contributed by atoms with van der Waals surface area (Å²) < 4.78 is 14.5. The van der Waals surface area contributed by atoms with Crippen LogP contribution in [0, 0.1) is 17.2 Å². The molecule has 0 aliphatic heterocycles. The molecule has 1 aromatic rings. The minimum absolute atomic E-state index is 0.245. The molecular weight excluding hydrogens is 307 g/mol. The van der Waals surface area contributed by atoms with E-state index in [-0.39, 0.29) is 11.2 Å². The second-order valence-corrected chi connectivity index (χ2v) is 7.62. The Bertz CT molecular complexity index is 412. The number of hydrogen-bond acceptors (Lipinski definition) is 1. The molecule has 0 bridgehead atoms. The van der Waals surface area contributed by atoms with E-state index < -0.39 is 6.10 Å². The Labute approximate surface area is 124 Å². The highest BCUT2D eigenvalue weighted by Crippen LogP contribution is 2.27. The van der Waals surface area contributed by atoms with Crippen LogP contribution in [0.1, 0.15) is 46.1 Å². The normalized spacial score (nSPS) is 15.3. The predicted octanol–water partition coefficient (Wildman–Crippen LogP) is 4.95. The summed E-state index contributed by atoms with van der Waals surface area (Å²) in [5.41, 5.74) is 0.838. The molecular formula is C16H24BrFO. The average Bonchev–Trinajstić information content (AvgIpc) is 2.20. The summed E-state index contributed by atoms with van der Waals surface area (Å²) in [7, 11) is 0. The van der Waals surface area contributed by atoms with Gasteiger partial charge in [0.1, 0.15) is 5.82 Å². The van der Waals surface area contributed by atoms with Crippen LogP contribution in [-0.2, 0) is 6.42 Å². The quantitative estimate of drug-likeness (QED) is 0.809. The summed E-state index contributed by atoms with van der Waals surface area (Å²) in [5.74, 6) is 0.191. The van der Waals surface area contributed by atoms with Gasteiger partial charge in [-0.05, 0) is 47.9 Å². The lowest BCUT2D eigenvalue weighted by Gasteiger charge is -2.25. The van der Waals surface area contributed by atoms with Gasteiger partial charge in [0, 0.05) is 10.9 Å². The fourth-order valence-corrected chi connectivity index (χ4v) is 3.04. The fraction of sp³-hybridized carbons (Fsp3) is 0.625. The average molecular weight is 331 g/mol.